The van der Waals surface area contributed by atoms with Gasteiger partial charge in [-0.2, -0.15) is 11.8 Å². The summed E-state index contributed by atoms with van der Waals surface area (Å²) in [7, 11) is 0. The Bertz CT molecular complexity index is 1050. The fourth-order valence-electron chi connectivity index (χ4n) is 2.62. The lowest BCUT2D eigenvalue weighted by molar-refractivity contribution is -0.384. The molecule has 0 saturated heterocycles. The maximum Gasteiger partial charge on any atom is 0.329 e. The Morgan fingerprint density at radius 3 is 2.90 bits per heavy atom. The van der Waals surface area contributed by atoms with Gasteiger partial charge >= 0.3 is 5.97 Å². The van der Waals surface area contributed by atoms with E-state index in [4.69, 9.17) is 9.15 Å². The third-order valence-corrected chi connectivity index (χ3v) is 5.72. The summed E-state index contributed by atoms with van der Waals surface area (Å²) in [6.07, 6.45) is 3.79. The molecule has 0 bridgehead atoms. The highest BCUT2D eigenvalue weighted by atomic mass is 32.2. The van der Waals surface area contributed by atoms with Crippen molar-refractivity contribution in [2.24, 2.45) is 0 Å². The molecule has 1 atom stereocenters. The standard InChI is InChI=1S/C20H19N3O6S2/c1-30-9-7-16(22-18(24)13-4-2-5-15(10-13)23(26)27)20(25)29-11-14-12-31-19(21-14)17-6-3-8-28-17/h2-6,8,10,12,16H,7,9,11H2,1H3,(H,22,24). The molecule has 3 aromatic rings. The molecule has 0 aliphatic heterocycles. The molecule has 0 spiro atoms. The number of benzene rings is 1. The van der Waals surface area contributed by atoms with E-state index in [1.807, 2.05) is 6.26 Å². The van der Waals surface area contributed by atoms with Crippen LogP contribution in [0.1, 0.15) is 22.5 Å². The average molecular weight is 462 g/mol. The Hall–Kier alpha value is -3.18. The number of amides is 1. The Balaban J connectivity index is 1.63. The lowest BCUT2D eigenvalue weighted by Gasteiger charge is -2.17. The quantitative estimate of drug-likeness (QED) is 0.274. The van der Waals surface area contributed by atoms with Gasteiger partial charge < -0.3 is 14.5 Å². The van der Waals surface area contributed by atoms with Gasteiger partial charge in [-0.3, -0.25) is 14.9 Å². The van der Waals surface area contributed by atoms with Gasteiger partial charge in [-0.1, -0.05) is 6.07 Å². The number of nitrogens with one attached hydrogen (secondary N) is 1. The lowest BCUT2D eigenvalue weighted by atomic mass is 10.1. The Morgan fingerprint density at radius 2 is 2.19 bits per heavy atom. The van der Waals surface area contributed by atoms with Crippen molar-refractivity contribution in [1.82, 2.24) is 10.3 Å². The van der Waals surface area contributed by atoms with Crippen LogP contribution in [0.4, 0.5) is 5.69 Å². The average Bonchev–Trinajstić information content (AvgIpc) is 3.46. The van der Waals surface area contributed by atoms with E-state index in [9.17, 15) is 19.7 Å². The summed E-state index contributed by atoms with van der Waals surface area (Å²) in [4.78, 5) is 39.9. The molecule has 11 heteroatoms. The van der Waals surface area contributed by atoms with E-state index < -0.39 is 22.8 Å². The molecule has 1 aromatic carbocycles. The fourth-order valence-corrected chi connectivity index (χ4v) is 3.86. The van der Waals surface area contributed by atoms with Gasteiger partial charge in [0.25, 0.3) is 11.6 Å². The minimum Gasteiger partial charge on any atom is -0.462 e. The minimum absolute atomic E-state index is 0.0432. The van der Waals surface area contributed by atoms with Crippen molar-refractivity contribution in [3.05, 3.63) is 69.4 Å². The fraction of sp³-hybridized carbons (Fsp3) is 0.250. The predicted molar refractivity (Wildman–Crippen MR) is 117 cm³/mol. The van der Waals surface area contributed by atoms with Crippen LogP contribution in [0, 0.1) is 10.1 Å². The highest BCUT2D eigenvalue weighted by Crippen LogP contribution is 2.24. The molecule has 0 aliphatic carbocycles. The summed E-state index contributed by atoms with van der Waals surface area (Å²) in [6.45, 7) is -0.0432. The van der Waals surface area contributed by atoms with Gasteiger partial charge in [0.1, 0.15) is 12.6 Å². The number of carbonyl (C=O) groups is 2. The molecule has 9 nitrogen and oxygen atoms in total. The number of ether oxygens (including phenoxy) is 1. The van der Waals surface area contributed by atoms with E-state index in [-0.39, 0.29) is 17.9 Å². The highest BCUT2D eigenvalue weighted by molar-refractivity contribution is 7.98. The molecular formula is C20H19N3O6S2. The molecule has 0 radical (unpaired) electrons. The molecule has 0 saturated carbocycles. The number of hydrogen-bond donors (Lipinski definition) is 1. The van der Waals surface area contributed by atoms with Crippen molar-refractivity contribution < 1.29 is 23.7 Å². The molecule has 1 unspecified atom stereocenters. The Morgan fingerprint density at radius 1 is 1.35 bits per heavy atom. The van der Waals surface area contributed by atoms with Crippen LogP contribution in [0.3, 0.4) is 0 Å². The van der Waals surface area contributed by atoms with Gasteiger partial charge in [0.05, 0.1) is 16.9 Å². The van der Waals surface area contributed by atoms with Crippen LogP contribution in [-0.2, 0) is 16.1 Å². The van der Waals surface area contributed by atoms with Gasteiger partial charge in [-0.05, 0) is 36.6 Å². The molecular weight excluding hydrogens is 442 g/mol. The van der Waals surface area contributed by atoms with Crippen molar-refractivity contribution >= 4 is 40.7 Å². The van der Waals surface area contributed by atoms with Gasteiger partial charge in [0, 0.05) is 23.1 Å². The topological polar surface area (TPSA) is 125 Å². The van der Waals surface area contributed by atoms with Crippen LogP contribution in [0.5, 0.6) is 0 Å². The van der Waals surface area contributed by atoms with Gasteiger partial charge in [-0.25, -0.2) is 9.78 Å². The number of thiazole rings is 1. The summed E-state index contributed by atoms with van der Waals surface area (Å²) in [5.74, 6) is 0.0689. The lowest BCUT2D eigenvalue weighted by Crippen LogP contribution is -2.42. The number of hydrogen-bond acceptors (Lipinski definition) is 9. The van der Waals surface area contributed by atoms with Crippen LogP contribution in [-0.4, -0.2) is 39.8 Å². The van der Waals surface area contributed by atoms with E-state index in [0.717, 1.165) is 6.07 Å². The maximum atomic E-state index is 12.6. The number of esters is 1. The summed E-state index contributed by atoms with van der Waals surface area (Å²) in [5, 5.41) is 16.0. The monoisotopic (exact) mass is 461 g/mol. The first-order valence-corrected chi connectivity index (χ1v) is 11.4. The number of furan rings is 1. The van der Waals surface area contributed by atoms with Crippen molar-refractivity contribution in [3.63, 3.8) is 0 Å². The van der Waals surface area contributed by atoms with Crippen molar-refractivity contribution in [3.8, 4) is 10.8 Å². The Kier molecular flexibility index (Phi) is 7.79. The minimum atomic E-state index is -0.887. The summed E-state index contributed by atoms with van der Waals surface area (Å²) in [5.41, 5.74) is 0.462. The molecule has 0 aliphatic rings. The third-order valence-electron chi connectivity index (χ3n) is 4.17. The molecule has 1 N–H and O–H groups in total. The van der Waals surface area contributed by atoms with E-state index in [1.54, 1.807) is 23.8 Å². The molecule has 3 rings (SSSR count). The highest BCUT2D eigenvalue weighted by Gasteiger charge is 2.24. The first kappa shape index (κ1) is 22.5. The SMILES string of the molecule is CSCCC(NC(=O)c1cccc([N+](=O)[O-])c1)C(=O)OCc1csc(-c2ccco2)n1. The van der Waals surface area contributed by atoms with Gasteiger partial charge in [0.15, 0.2) is 10.8 Å². The molecule has 162 valence electrons. The summed E-state index contributed by atoms with van der Waals surface area (Å²) < 4.78 is 10.7. The molecule has 1 amide bonds. The number of rotatable bonds is 10. The van der Waals surface area contributed by atoms with Crippen LogP contribution in [0.25, 0.3) is 10.8 Å². The zero-order valence-corrected chi connectivity index (χ0v) is 18.1. The van der Waals surface area contributed by atoms with E-state index in [1.165, 1.54) is 41.3 Å². The first-order valence-electron chi connectivity index (χ1n) is 9.17. The van der Waals surface area contributed by atoms with Crippen molar-refractivity contribution in [2.45, 2.75) is 19.1 Å². The molecule has 2 aromatic heterocycles. The second-order valence-electron chi connectivity index (χ2n) is 6.34. The second kappa shape index (κ2) is 10.7. The summed E-state index contributed by atoms with van der Waals surface area (Å²) in [6, 6.07) is 7.99. The van der Waals surface area contributed by atoms with E-state index >= 15 is 0 Å². The number of nitro benzene ring substituents is 1. The van der Waals surface area contributed by atoms with E-state index in [2.05, 4.69) is 10.3 Å². The zero-order chi connectivity index (χ0) is 22.2. The smallest absolute Gasteiger partial charge is 0.329 e. The van der Waals surface area contributed by atoms with Crippen LogP contribution in [0.2, 0.25) is 0 Å². The van der Waals surface area contributed by atoms with Crippen molar-refractivity contribution in [1.29, 1.82) is 0 Å². The number of nitrogens with zero attached hydrogens (tertiary/aromatic N) is 2. The van der Waals surface area contributed by atoms with Crippen LogP contribution < -0.4 is 5.32 Å². The van der Waals surface area contributed by atoms with Crippen molar-refractivity contribution in [2.75, 3.05) is 12.0 Å². The molecule has 2 heterocycles. The summed E-state index contributed by atoms with van der Waals surface area (Å²) >= 11 is 2.89. The van der Waals surface area contributed by atoms with Gasteiger partial charge in [0.2, 0.25) is 0 Å². The zero-order valence-electron chi connectivity index (χ0n) is 16.5. The van der Waals surface area contributed by atoms with E-state index in [0.29, 0.717) is 28.6 Å². The largest absolute Gasteiger partial charge is 0.462 e. The predicted octanol–water partition coefficient (Wildman–Crippen LogP) is 3.91. The number of thioether (sulfide) groups is 1. The number of aromatic nitrogens is 1. The first-order chi connectivity index (χ1) is 15.0. The maximum absolute atomic E-state index is 12.6. The molecule has 0 fully saturated rings. The van der Waals surface area contributed by atoms with Crippen LogP contribution in [0.15, 0.2) is 52.5 Å². The molecule has 31 heavy (non-hydrogen) atoms. The normalized spacial score (nSPS) is 11.6. The second-order valence-corrected chi connectivity index (χ2v) is 8.19. The number of carbonyl (C=O) groups excluding carboxylic acids is 2. The third kappa shape index (κ3) is 6.15. The van der Waals surface area contributed by atoms with Crippen LogP contribution >= 0.6 is 23.1 Å². The number of non-ortho nitro benzene ring substituents is 1. The Labute approximate surface area is 186 Å². The van der Waals surface area contributed by atoms with Gasteiger partial charge in [-0.15, -0.1) is 11.3 Å². The number of nitro groups is 1.